The summed E-state index contributed by atoms with van der Waals surface area (Å²) >= 11 is 0. The van der Waals surface area contributed by atoms with Crippen LogP contribution in [-0.2, 0) is 11.3 Å². The van der Waals surface area contributed by atoms with E-state index in [1.807, 2.05) is 51.1 Å². The molecular weight excluding hydrogens is 380 g/mol. The fourth-order valence-corrected chi connectivity index (χ4v) is 3.38. The Morgan fingerprint density at radius 3 is 2.50 bits per heavy atom. The lowest BCUT2D eigenvalue weighted by molar-refractivity contribution is -0.384. The zero-order valence-corrected chi connectivity index (χ0v) is 17.0. The van der Waals surface area contributed by atoms with Gasteiger partial charge in [0.1, 0.15) is 11.6 Å². The van der Waals surface area contributed by atoms with Crippen molar-refractivity contribution in [2.24, 2.45) is 0 Å². The molecular formula is C23H22N4O3. The largest absolute Gasteiger partial charge is 0.349 e. The van der Waals surface area contributed by atoms with Gasteiger partial charge in [0.05, 0.1) is 4.92 Å². The number of nitriles is 1. The highest BCUT2D eigenvalue weighted by Gasteiger charge is 2.16. The van der Waals surface area contributed by atoms with E-state index >= 15 is 0 Å². The lowest BCUT2D eigenvalue weighted by atomic mass is 10.1. The number of nitro benzene ring substituents is 1. The average Bonchev–Trinajstić information content (AvgIpc) is 2.97. The van der Waals surface area contributed by atoms with E-state index in [-0.39, 0.29) is 17.3 Å². The molecule has 1 heterocycles. The molecule has 0 aliphatic rings. The minimum Gasteiger partial charge on any atom is -0.349 e. The highest BCUT2D eigenvalue weighted by Crippen LogP contribution is 2.29. The van der Waals surface area contributed by atoms with Crippen LogP contribution in [0.3, 0.4) is 0 Å². The summed E-state index contributed by atoms with van der Waals surface area (Å²) in [6, 6.07) is 16.1. The summed E-state index contributed by atoms with van der Waals surface area (Å²) in [6.07, 6.45) is 1.63. The number of amides is 1. The summed E-state index contributed by atoms with van der Waals surface area (Å²) in [5, 5.41) is 24.1. The van der Waals surface area contributed by atoms with Gasteiger partial charge < -0.3 is 9.88 Å². The van der Waals surface area contributed by atoms with Gasteiger partial charge in [0.25, 0.3) is 11.6 Å². The van der Waals surface area contributed by atoms with Crippen LogP contribution in [0.1, 0.15) is 30.7 Å². The number of non-ortho nitro benzene ring substituents is 1. The van der Waals surface area contributed by atoms with Crippen molar-refractivity contribution < 1.29 is 9.72 Å². The maximum absolute atomic E-state index is 12.4. The zero-order valence-electron chi connectivity index (χ0n) is 17.0. The second kappa shape index (κ2) is 8.62. The van der Waals surface area contributed by atoms with E-state index in [0.29, 0.717) is 6.54 Å². The number of nitrogens with zero attached hydrogens (tertiary/aromatic N) is 3. The van der Waals surface area contributed by atoms with Gasteiger partial charge in [-0.25, -0.2) is 0 Å². The smallest absolute Gasteiger partial charge is 0.269 e. The van der Waals surface area contributed by atoms with Gasteiger partial charge in [-0.05, 0) is 38.5 Å². The van der Waals surface area contributed by atoms with Crippen molar-refractivity contribution in [3.8, 4) is 6.07 Å². The van der Waals surface area contributed by atoms with Gasteiger partial charge in [-0.15, -0.1) is 0 Å². The number of para-hydroxylation sites is 1. The van der Waals surface area contributed by atoms with Crippen LogP contribution in [0.5, 0.6) is 0 Å². The number of fused-ring (bicyclic) bond motifs is 1. The first-order valence-corrected chi connectivity index (χ1v) is 9.55. The van der Waals surface area contributed by atoms with E-state index in [4.69, 9.17) is 0 Å². The van der Waals surface area contributed by atoms with E-state index in [2.05, 4.69) is 9.88 Å². The Balaban J connectivity index is 2.07. The van der Waals surface area contributed by atoms with Gasteiger partial charge in [-0.1, -0.05) is 30.3 Å². The quantitative estimate of drug-likeness (QED) is 0.287. The molecule has 2 aromatic carbocycles. The van der Waals surface area contributed by atoms with Crippen LogP contribution in [0.4, 0.5) is 5.69 Å². The number of benzene rings is 2. The van der Waals surface area contributed by atoms with Crippen LogP contribution >= 0.6 is 0 Å². The summed E-state index contributed by atoms with van der Waals surface area (Å²) in [7, 11) is 0. The van der Waals surface area contributed by atoms with Crippen LogP contribution in [-0.4, -0.2) is 21.4 Å². The van der Waals surface area contributed by atoms with Gasteiger partial charge in [0, 0.05) is 46.9 Å². The topological polar surface area (TPSA) is 101 Å². The summed E-state index contributed by atoms with van der Waals surface area (Å²) < 4.78 is 2.08. The molecule has 0 aliphatic carbocycles. The monoisotopic (exact) mass is 402 g/mol. The van der Waals surface area contributed by atoms with Gasteiger partial charge in [0.2, 0.25) is 0 Å². The highest BCUT2D eigenvalue weighted by atomic mass is 16.6. The number of hydrogen-bond acceptors (Lipinski definition) is 4. The second-order valence-electron chi connectivity index (χ2n) is 7.32. The van der Waals surface area contributed by atoms with Crippen LogP contribution in [0, 0.1) is 28.4 Å². The van der Waals surface area contributed by atoms with Gasteiger partial charge in [0.15, 0.2) is 0 Å². The van der Waals surface area contributed by atoms with E-state index in [9.17, 15) is 20.2 Å². The Hall–Kier alpha value is -3.92. The minimum atomic E-state index is -0.422. The summed E-state index contributed by atoms with van der Waals surface area (Å²) in [5.41, 5.74) is 3.68. The molecule has 3 rings (SSSR count). The van der Waals surface area contributed by atoms with Crippen molar-refractivity contribution in [1.82, 2.24) is 9.88 Å². The third-order valence-corrected chi connectivity index (χ3v) is 4.84. The second-order valence-corrected chi connectivity index (χ2v) is 7.32. The van der Waals surface area contributed by atoms with Gasteiger partial charge in [-0.2, -0.15) is 5.26 Å². The number of nitrogens with one attached hydrogen (secondary N) is 1. The lowest BCUT2D eigenvalue weighted by Crippen LogP contribution is -2.30. The average molecular weight is 402 g/mol. The Bertz CT molecular complexity index is 1180. The van der Waals surface area contributed by atoms with Crippen LogP contribution < -0.4 is 5.32 Å². The molecule has 152 valence electrons. The van der Waals surface area contributed by atoms with E-state index in [0.717, 1.165) is 27.7 Å². The highest BCUT2D eigenvalue weighted by molar-refractivity contribution is 6.04. The number of nitro groups is 1. The van der Waals surface area contributed by atoms with Crippen LogP contribution in [0.15, 0.2) is 54.1 Å². The first-order valence-electron chi connectivity index (χ1n) is 9.55. The summed E-state index contributed by atoms with van der Waals surface area (Å²) in [5.74, 6) is -0.404. The molecule has 7 nitrogen and oxygen atoms in total. The molecule has 7 heteroatoms. The van der Waals surface area contributed by atoms with Gasteiger partial charge in [-0.3, -0.25) is 14.9 Å². The van der Waals surface area contributed by atoms with Crippen molar-refractivity contribution in [2.75, 3.05) is 0 Å². The Labute approximate surface area is 174 Å². The van der Waals surface area contributed by atoms with E-state index in [1.165, 1.54) is 12.1 Å². The van der Waals surface area contributed by atoms with Crippen LogP contribution in [0.2, 0.25) is 0 Å². The van der Waals surface area contributed by atoms with Gasteiger partial charge >= 0.3 is 0 Å². The molecule has 0 spiro atoms. The molecule has 3 aromatic rings. The molecule has 0 unspecified atom stereocenters. The molecule has 0 saturated carbocycles. The fourth-order valence-electron chi connectivity index (χ4n) is 3.38. The summed E-state index contributed by atoms with van der Waals surface area (Å²) in [4.78, 5) is 22.8. The van der Waals surface area contributed by atoms with Crippen molar-refractivity contribution in [3.63, 3.8) is 0 Å². The molecule has 1 aromatic heterocycles. The molecule has 0 radical (unpaired) electrons. The number of carbonyl (C=O) groups is 1. The first kappa shape index (κ1) is 20.8. The molecule has 0 aliphatic heterocycles. The van der Waals surface area contributed by atoms with E-state index < -0.39 is 10.8 Å². The molecule has 0 saturated heterocycles. The Kier molecular flexibility index (Phi) is 5.98. The minimum absolute atomic E-state index is 0.0463. The SMILES string of the molecule is Cc1c(/C=C(/C#N)C(=O)NC(C)C)c2ccccc2n1Cc1ccc([N+](=O)[O-])cc1. The predicted molar refractivity (Wildman–Crippen MR) is 116 cm³/mol. The zero-order chi connectivity index (χ0) is 21.8. The maximum Gasteiger partial charge on any atom is 0.269 e. The molecule has 0 bridgehead atoms. The first-order chi connectivity index (χ1) is 14.3. The fraction of sp³-hybridized carbons (Fsp3) is 0.217. The normalized spacial score (nSPS) is 11.5. The molecule has 1 amide bonds. The molecule has 0 fully saturated rings. The predicted octanol–water partition coefficient (Wildman–Crippen LogP) is 4.34. The molecule has 0 atom stereocenters. The number of aromatic nitrogens is 1. The lowest BCUT2D eigenvalue weighted by Gasteiger charge is -2.09. The molecule has 1 N–H and O–H groups in total. The standard InChI is InChI=1S/C23H22N4O3/c1-15(2)25-23(28)18(13-24)12-21-16(3)26(22-7-5-4-6-20(21)22)14-17-8-10-19(11-9-17)27(29)30/h4-12,15H,14H2,1-3H3,(H,25,28)/b18-12-. The van der Waals surface area contributed by atoms with Crippen molar-refractivity contribution in [1.29, 1.82) is 5.26 Å². The third kappa shape index (κ3) is 4.23. The maximum atomic E-state index is 12.4. The number of hydrogen-bond donors (Lipinski definition) is 1. The van der Waals surface area contributed by atoms with Crippen LogP contribution in [0.25, 0.3) is 17.0 Å². The summed E-state index contributed by atoms with van der Waals surface area (Å²) in [6.45, 7) is 6.13. The third-order valence-electron chi connectivity index (χ3n) is 4.84. The van der Waals surface area contributed by atoms with Crippen molar-refractivity contribution >= 4 is 28.6 Å². The van der Waals surface area contributed by atoms with Crippen molar-refractivity contribution in [3.05, 3.63) is 81.0 Å². The van der Waals surface area contributed by atoms with Crippen molar-refractivity contribution in [2.45, 2.75) is 33.4 Å². The molecule has 30 heavy (non-hydrogen) atoms. The Morgan fingerprint density at radius 2 is 1.90 bits per heavy atom. The number of carbonyl (C=O) groups excluding carboxylic acids is 1. The Morgan fingerprint density at radius 1 is 1.23 bits per heavy atom. The number of rotatable bonds is 6. The van der Waals surface area contributed by atoms with E-state index in [1.54, 1.807) is 18.2 Å².